The van der Waals surface area contributed by atoms with Crippen molar-refractivity contribution in [1.29, 1.82) is 5.41 Å². The van der Waals surface area contributed by atoms with Crippen LogP contribution < -0.4 is 0 Å². The molecule has 0 bridgehead atoms. The second-order valence-electron chi connectivity index (χ2n) is 7.23. The highest BCUT2D eigenvalue weighted by atomic mass is 19.1. The Morgan fingerprint density at radius 1 is 1.14 bits per heavy atom. The molecule has 2 N–H and O–H groups in total. The fourth-order valence-corrected chi connectivity index (χ4v) is 3.52. The molecule has 3 atom stereocenters. The molecule has 1 unspecified atom stereocenters. The van der Waals surface area contributed by atoms with E-state index in [1.807, 2.05) is 6.92 Å². The van der Waals surface area contributed by atoms with Crippen molar-refractivity contribution in [1.82, 2.24) is 4.90 Å². The molecule has 1 fully saturated rings. The molecule has 2 aromatic carbocycles. The number of rotatable bonds is 7. The summed E-state index contributed by atoms with van der Waals surface area (Å²) in [6, 6.07) is 11.7. The Labute approximate surface area is 163 Å². The van der Waals surface area contributed by atoms with Gasteiger partial charge in [-0.25, -0.2) is 9.18 Å². The van der Waals surface area contributed by atoms with Crippen molar-refractivity contribution in [2.75, 3.05) is 0 Å². The van der Waals surface area contributed by atoms with Crippen molar-refractivity contribution in [3.05, 3.63) is 71.0 Å². The summed E-state index contributed by atoms with van der Waals surface area (Å²) in [4.78, 5) is 26.1. The van der Waals surface area contributed by atoms with Crippen LogP contribution in [0.2, 0.25) is 0 Å². The molecule has 1 aliphatic rings. The topological polar surface area (TPSA) is 81.5 Å². The maximum Gasteiger partial charge on any atom is 0.335 e. The molecule has 146 valence electrons. The molecule has 5 nitrogen and oxygen atoms in total. The highest BCUT2D eigenvalue weighted by Gasteiger charge is 2.44. The van der Waals surface area contributed by atoms with E-state index >= 15 is 0 Å². The maximum absolute atomic E-state index is 13.2. The number of nitrogens with zero attached hydrogens (tertiary/aromatic N) is 1. The van der Waals surface area contributed by atoms with E-state index in [2.05, 4.69) is 6.92 Å². The van der Waals surface area contributed by atoms with Gasteiger partial charge in [-0.1, -0.05) is 26.0 Å². The third kappa shape index (κ3) is 3.96. The average molecular weight is 382 g/mol. The zero-order valence-electron chi connectivity index (χ0n) is 15.9. The molecule has 1 amide bonds. The van der Waals surface area contributed by atoms with Gasteiger partial charge >= 0.3 is 5.97 Å². The van der Waals surface area contributed by atoms with Gasteiger partial charge in [0.15, 0.2) is 0 Å². The van der Waals surface area contributed by atoms with Crippen molar-refractivity contribution in [2.45, 2.75) is 38.8 Å². The fraction of sp³-hybridized carbons (Fsp3) is 0.318. The number of hydrogen-bond donors (Lipinski definition) is 2. The van der Waals surface area contributed by atoms with Gasteiger partial charge in [0.1, 0.15) is 11.5 Å². The molecule has 0 spiro atoms. The molecule has 0 saturated heterocycles. The van der Waals surface area contributed by atoms with E-state index in [1.165, 1.54) is 36.4 Å². The third-order valence-corrected chi connectivity index (χ3v) is 5.27. The van der Waals surface area contributed by atoms with Crippen LogP contribution in [0, 0.1) is 17.1 Å². The zero-order valence-corrected chi connectivity index (χ0v) is 15.9. The number of carbonyl (C=O) groups excluding carboxylic acids is 1. The first-order valence-corrected chi connectivity index (χ1v) is 9.33. The number of carbonyl (C=O) groups is 2. The number of nitrogens with one attached hydrogen (secondary N) is 1. The van der Waals surface area contributed by atoms with Gasteiger partial charge in [0.2, 0.25) is 0 Å². The van der Waals surface area contributed by atoms with Crippen LogP contribution in [-0.4, -0.2) is 33.6 Å². The van der Waals surface area contributed by atoms with E-state index in [9.17, 15) is 14.0 Å². The minimum atomic E-state index is -0.999. The Morgan fingerprint density at radius 3 is 2.14 bits per heavy atom. The van der Waals surface area contributed by atoms with Crippen LogP contribution in [0.5, 0.6) is 0 Å². The maximum atomic E-state index is 13.2. The van der Waals surface area contributed by atoms with E-state index in [-0.39, 0.29) is 23.4 Å². The average Bonchev–Trinajstić information content (AvgIpc) is 3.41. The predicted octanol–water partition coefficient (Wildman–Crippen LogP) is 4.28. The first-order valence-electron chi connectivity index (χ1n) is 9.33. The number of carboxylic acid groups (broad SMARTS) is 1. The van der Waals surface area contributed by atoms with Crippen molar-refractivity contribution in [3.63, 3.8) is 0 Å². The minimum absolute atomic E-state index is 0.0393. The lowest BCUT2D eigenvalue weighted by molar-refractivity contribution is -0.127. The van der Waals surface area contributed by atoms with Gasteiger partial charge in [-0.2, -0.15) is 0 Å². The third-order valence-electron chi connectivity index (χ3n) is 5.27. The molecule has 0 aliphatic heterocycles. The lowest BCUT2D eigenvalue weighted by Crippen LogP contribution is -2.41. The lowest BCUT2D eigenvalue weighted by atomic mass is 9.99. The van der Waals surface area contributed by atoms with Crippen LogP contribution in [0.1, 0.15) is 54.2 Å². The van der Waals surface area contributed by atoms with E-state index in [0.717, 1.165) is 12.0 Å². The zero-order chi connectivity index (χ0) is 20.4. The quantitative estimate of drug-likeness (QED) is 0.701. The summed E-state index contributed by atoms with van der Waals surface area (Å²) in [6.45, 7) is 4.03. The number of halogens is 1. The molecule has 3 rings (SSSR count). The molecule has 0 heterocycles. The van der Waals surface area contributed by atoms with Gasteiger partial charge in [0.05, 0.1) is 11.6 Å². The molecule has 6 heteroatoms. The Hall–Kier alpha value is -3.02. The van der Waals surface area contributed by atoms with E-state index in [4.69, 9.17) is 10.5 Å². The smallest absolute Gasteiger partial charge is 0.335 e. The van der Waals surface area contributed by atoms with Crippen LogP contribution in [0.25, 0.3) is 0 Å². The summed E-state index contributed by atoms with van der Waals surface area (Å²) in [5.74, 6) is -1.46. The summed E-state index contributed by atoms with van der Waals surface area (Å²) >= 11 is 0. The number of aromatic carboxylic acids is 1. The molecule has 2 aromatic rings. The Bertz CT molecular complexity index is 893. The van der Waals surface area contributed by atoms with Crippen LogP contribution in [0.4, 0.5) is 4.39 Å². The van der Waals surface area contributed by atoms with Crippen LogP contribution in [0.3, 0.4) is 0 Å². The second kappa shape index (κ2) is 7.92. The number of hydrogen-bond acceptors (Lipinski definition) is 3. The fourth-order valence-electron chi connectivity index (χ4n) is 3.52. The summed E-state index contributed by atoms with van der Waals surface area (Å²) in [6.07, 6.45) is 1.50. The number of benzene rings is 2. The molecular formula is C22H23FN2O3. The van der Waals surface area contributed by atoms with E-state index in [1.54, 1.807) is 17.0 Å². The van der Waals surface area contributed by atoms with Crippen molar-refractivity contribution in [3.8, 4) is 0 Å². The molecule has 0 radical (unpaired) electrons. The molecule has 1 aliphatic carbocycles. The molecular weight excluding hydrogens is 359 g/mol. The lowest BCUT2D eigenvalue weighted by Gasteiger charge is -2.32. The summed E-state index contributed by atoms with van der Waals surface area (Å²) < 4.78 is 13.2. The van der Waals surface area contributed by atoms with E-state index in [0.29, 0.717) is 17.9 Å². The SMILES string of the molecule is CC[C@H](c1ccc(C(=O)O)cc1)N(C(=O)C(=N)c1ccc(F)cc1)[C@H]1CC1C. The van der Waals surface area contributed by atoms with Gasteiger partial charge in [-0.15, -0.1) is 0 Å². The number of amides is 1. The first kappa shape index (κ1) is 19.7. The first-order chi connectivity index (χ1) is 13.3. The molecule has 0 aromatic heterocycles. The Kier molecular flexibility index (Phi) is 5.58. The van der Waals surface area contributed by atoms with Gasteiger partial charge in [-0.3, -0.25) is 10.2 Å². The second-order valence-corrected chi connectivity index (χ2v) is 7.23. The molecule has 28 heavy (non-hydrogen) atoms. The van der Waals surface area contributed by atoms with Gasteiger partial charge in [0, 0.05) is 11.6 Å². The van der Waals surface area contributed by atoms with Crippen LogP contribution in [-0.2, 0) is 4.79 Å². The Balaban J connectivity index is 1.91. The van der Waals surface area contributed by atoms with Gasteiger partial charge in [0.25, 0.3) is 5.91 Å². The Morgan fingerprint density at radius 2 is 1.68 bits per heavy atom. The summed E-state index contributed by atoms with van der Waals surface area (Å²) in [5.41, 5.74) is 1.24. The summed E-state index contributed by atoms with van der Waals surface area (Å²) in [7, 11) is 0. The largest absolute Gasteiger partial charge is 0.478 e. The standard InChI is InChI=1S/C22H23FN2O3/c1-3-18(14-4-6-16(7-5-14)22(27)28)25(19-12-13(19)2)21(26)20(24)15-8-10-17(23)11-9-15/h4-11,13,18-19,24H,3,12H2,1-2H3,(H,27,28)/t13?,18-,19+/m1/s1. The summed E-state index contributed by atoms with van der Waals surface area (Å²) in [5, 5.41) is 17.5. The normalized spacial score (nSPS) is 19.0. The predicted molar refractivity (Wildman–Crippen MR) is 104 cm³/mol. The van der Waals surface area contributed by atoms with Crippen LogP contribution in [0.15, 0.2) is 48.5 Å². The van der Waals surface area contributed by atoms with Crippen molar-refractivity contribution >= 4 is 17.6 Å². The van der Waals surface area contributed by atoms with Crippen molar-refractivity contribution in [2.24, 2.45) is 5.92 Å². The van der Waals surface area contributed by atoms with Gasteiger partial charge < -0.3 is 10.0 Å². The minimum Gasteiger partial charge on any atom is -0.478 e. The number of carboxylic acids is 1. The molecule has 1 saturated carbocycles. The highest BCUT2D eigenvalue weighted by Crippen LogP contribution is 2.41. The monoisotopic (exact) mass is 382 g/mol. The van der Waals surface area contributed by atoms with Crippen molar-refractivity contribution < 1.29 is 19.1 Å². The van der Waals surface area contributed by atoms with E-state index < -0.39 is 17.7 Å². The highest BCUT2D eigenvalue weighted by molar-refractivity contribution is 6.44. The van der Waals surface area contributed by atoms with Gasteiger partial charge in [-0.05, 0) is 60.7 Å². The van der Waals surface area contributed by atoms with Crippen LogP contribution >= 0.6 is 0 Å².